The van der Waals surface area contributed by atoms with Crippen molar-refractivity contribution in [2.24, 2.45) is 14.1 Å². The summed E-state index contributed by atoms with van der Waals surface area (Å²) in [5.41, 5.74) is 6.24. The van der Waals surface area contributed by atoms with Crippen LogP contribution in [0.15, 0.2) is 60.7 Å². The Morgan fingerprint density at radius 2 is 1.58 bits per heavy atom. The highest BCUT2D eigenvalue weighted by Gasteiger charge is 2.19. The minimum atomic E-state index is -4.41. The second kappa shape index (κ2) is 8.27. The molecular weight excluding hydrogens is 352 g/mol. The first-order chi connectivity index (χ1) is 12.2. The van der Waals surface area contributed by atoms with Gasteiger partial charge in [-0.1, -0.05) is 48.0 Å². The van der Waals surface area contributed by atoms with Crippen LogP contribution in [0.3, 0.4) is 0 Å². The smallest absolute Gasteiger partial charge is 0.238 e. The average Bonchev–Trinajstić information content (AvgIpc) is 2.91. The fraction of sp³-hybridized carbons (Fsp3) is 0.211. The standard InChI is InChI=1S/C18H19N2.CH4O4S/c1-14-8-7-11-16(12-14)18-13-17(19(2)20(18)3)15-9-5-4-6-10-15;1-5-6(2,3)4/h4-13H,1-3H3;1H3,(H,2,3,4)/q+1;/p-1. The molecule has 138 valence electrons. The molecule has 0 aliphatic carbocycles. The van der Waals surface area contributed by atoms with Gasteiger partial charge in [-0.2, -0.15) is 4.68 Å². The van der Waals surface area contributed by atoms with Crippen LogP contribution in [0, 0.1) is 6.92 Å². The van der Waals surface area contributed by atoms with Crippen molar-refractivity contribution in [2.45, 2.75) is 6.92 Å². The topological polar surface area (TPSA) is 75.2 Å². The van der Waals surface area contributed by atoms with E-state index in [0.29, 0.717) is 0 Å². The summed E-state index contributed by atoms with van der Waals surface area (Å²) in [6.07, 6.45) is 0. The first kappa shape index (κ1) is 19.8. The Bertz CT molecular complexity index is 980. The maximum atomic E-state index is 9.22. The van der Waals surface area contributed by atoms with Crippen molar-refractivity contribution in [3.63, 3.8) is 0 Å². The van der Waals surface area contributed by atoms with E-state index in [1.165, 1.54) is 28.1 Å². The van der Waals surface area contributed by atoms with E-state index in [0.717, 1.165) is 7.11 Å². The van der Waals surface area contributed by atoms with Gasteiger partial charge in [0, 0.05) is 17.2 Å². The maximum absolute atomic E-state index is 9.22. The molecule has 3 aromatic rings. The van der Waals surface area contributed by atoms with Crippen LogP contribution < -0.4 is 4.68 Å². The molecule has 1 aromatic heterocycles. The summed E-state index contributed by atoms with van der Waals surface area (Å²) in [6.45, 7) is 2.13. The fourth-order valence-corrected chi connectivity index (χ4v) is 2.59. The van der Waals surface area contributed by atoms with E-state index in [-0.39, 0.29) is 0 Å². The Balaban J connectivity index is 0.000000352. The zero-order chi connectivity index (χ0) is 19.3. The Labute approximate surface area is 154 Å². The molecule has 0 atom stereocenters. The fourth-order valence-electron chi connectivity index (χ4n) is 2.59. The molecule has 0 aliphatic rings. The van der Waals surface area contributed by atoms with Gasteiger partial charge in [0.15, 0.2) is 7.05 Å². The highest BCUT2D eigenvalue weighted by atomic mass is 32.3. The summed E-state index contributed by atoms with van der Waals surface area (Å²) in [6, 6.07) is 21.4. The Morgan fingerprint density at radius 3 is 2.12 bits per heavy atom. The molecule has 2 aromatic carbocycles. The number of hydrogen-bond donors (Lipinski definition) is 0. The van der Waals surface area contributed by atoms with Gasteiger partial charge in [-0.3, -0.25) is 4.18 Å². The van der Waals surface area contributed by atoms with E-state index < -0.39 is 10.4 Å². The molecule has 0 fully saturated rings. The van der Waals surface area contributed by atoms with Crippen LogP contribution in [-0.4, -0.2) is 24.8 Å². The SMILES string of the molecule is COS(=O)(=O)[O-].Cc1cccc(-c2cc(-c3ccccc3)n(C)[n+]2C)c1. The van der Waals surface area contributed by atoms with Gasteiger partial charge in [0.1, 0.15) is 5.69 Å². The molecule has 0 unspecified atom stereocenters. The zero-order valence-corrected chi connectivity index (χ0v) is 16.0. The van der Waals surface area contributed by atoms with Crippen LogP contribution in [-0.2, 0) is 28.7 Å². The number of benzene rings is 2. The van der Waals surface area contributed by atoms with Crippen LogP contribution in [0.5, 0.6) is 0 Å². The van der Waals surface area contributed by atoms with Gasteiger partial charge in [0.2, 0.25) is 16.1 Å². The average molecular weight is 374 g/mol. The van der Waals surface area contributed by atoms with E-state index >= 15 is 0 Å². The Kier molecular flexibility index (Phi) is 6.31. The van der Waals surface area contributed by atoms with Crippen molar-refractivity contribution in [3.05, 3.63) is 66.2 Å². The van der Waals surface area contributed by atoms with Crippen molar-refractivity contribution >= 4 is 10.4 Å². The van der Waals surface area contributed by atoms with Crippen LogP contribution >= 0.6 is 0 Å². The van der Waals surface area contributed by atoms with Gasteiger partial charge < -0.3 is 4.55 Å². The number of rotatable bonds is 3. The Hall–Kier alpha value is -2.48. The van der Waals surface area contributed by atoms with Gasteiger partial charge in [-0.25, -0.2) is 8.42 Å². The van der Waals surface area contributed by atoms with Crippen molar-refractivity contribution < 1.29 is 21.8 Å². The molecule has 0 spiro atoms. The molecule has 26 heavy (non-hydrogen) atoms. The van der Waals surface area contributed by atoms with Crippen LogP contribution in [0.1, 0.15) is 5.56 Å². The van der Waals surface area contributed by atoms with E-state index in [2.05, 4.69) is 89.2 Å². The van der Waals surface area contributed by atoms with E-state index in [4.69, 9.17) is 0 Å². The second-order valence-electron chi connectivity index (χ2n) is 5.77. The van der Waals surface area contributed by atoms with Crippen molar-refractivity contribution in [1.82, 2.24) is 4.68 Å². The summed E-state index contributed by atoms with van der Waals surface area (Å²) in [4.78, 5) is 0. The quantitative estimate of drug-likeness (QED) is 0.401. The van der Waals surface area contributed by atoms with E-state index in [1.807, 2.05) is 6.07 Å². The molecule has 1 heterocycles. The van der Waals surface area contributed by atoms with Gasteiger partial charge in [-0.05, 0) is 19.1 Å². The van der Waals surface area contributed by atoms with Gasteiger partial charge in [0.05, 0.1) is 14.2 Å². The predicted octanol–water partition coefficient (Wildman–Crippen LogP) is 2.59. The van der Waals surface area contributed by atoms with Gasteiger partial charge in [0.25, 0.3) is 0 Å². The molecule has 0 saturated heterocycles. The summed E-state index contributed by atoms with van der Waals surface area (Å²) in [5.74, 6) is 0. The second-order valence-corrected chi connectivity index (χ2v) is 6.92. The molecule has 0 bridgehead atoms. The highest BCUT2D eigenvalue weighted by molar-refractivity contribution is 7.80. The zero-order valence-electron chi connectivity index (χ0n) is 15.2. The van der Waals surface area contributed by atoms with E-state index in [1.54, 1.807) is 0 Å². The molecule has 0 amide bonds. The maximum Gasteiger partial charge on any atom is 0.238 e. The molecule has 0 N–H and O–H groups in total. The van der Waals surface area contributed by atoms with Crippen LogP contribution in [0.4, 0.5) is 0 Å². The lowest BCUT2D eigenvalue weighted by atomic mass is 10.1. The summed E-state index contributed by atoms with van der Waals surface area (Å²) >= 11 is 0. The lowest BCUT2D eigenvalue weighted by molar-refractivity contribution is -0.740. The van der Waals surface area contributed by atoms with Crippen molar-refractivity contribution in [2.75, 3.05) is 7.11 Å². The first-order valence-corrected chi connectivity index (χ1v) is 9.26. The molecule has 6 nitrogen and oxygen atoms in total. The minimum absolute atomic E-state index is 0.808. The van der Waals surface area contributed by atoms with Crippen molar-refractivity contribution in [3.8, 4) is 22.5 Å². The number of aryl methyl sites for hydroxylation is 1. The molecule has 3 rings (SSSR count). The minimum Gasteiger partial charge on any atom is -0.726 e. The third-order valence-electron chi connectivity index (χ3n) is 4.01. The lowest BCUT2D eigenvalue weighted by Gasteiger charge is -1.99. The highest BCUT2D eigenvalue weighted by Crippen LogP contribution is 2.24. The summed E-state index contributed by atoms with van der Waals surface area (Å²) in [7, 11) is 0.596. The molecule has 0 radical (unpaired) electrons. The molecular formula is C19H22N2O4S. The van der Waals surface area contributed by atoms with Crippen molar-refractivity contribution in [1.29, 1.82) is 0 Å². The summed E-state index contributed by atoms with van der Waals surface area (Å²) in [5, 5.41) is 0. The first-order valence-electron chi connectivity index (χ1n) is 7.93. The van der Waals surface area contributed by atoms with Gasteiger partial charge >= 0.3 is 0 Å². The number of hydrogen-bond acceptors (Lipinski definition) is 4. The number of aromatic nitrogens is 2. The van der Waals surface area contributed by atoms with Crippen LogP contribution in [0.2, 0.25) is 0 Å². The van der Waals surface area contributed by atoms with E-state index in [9.17, 15) is 13.0 Å². The van der Waals surface area contributed by atoms with Gasteiger partial charge in [-0.15, -0.1) is 4.68 Å². The molecule has 0 aliphatic heterocycles. The molecule has 0 saturated carbocycles. The monoisotopic (exact) mass is 374 g/mol. The predicted molar refractivity (Wildman–Crippen MR) is 98.9 cm³/mol. The Morgan fingerprint density at radius 1 is 1.00 bits per heavy atom. The normalized spacial score (nSPS) is 11.0. The molecule has 7 heteroatoms. The third-order valence-corrected chi connectivity index (χ3v) is 4.42. The number of nitrogens with zero attached hydrogens (tertiary/aromatic N) is 2. The summed E-state index contributed by atoms with van der Waals surface area (Å²) < 4.78 is 35.4. The van der Waals surface area contributed by atoms with Crippen LogP contribution in [0.25, 0.3) is 22.5 Å². The third kappa shape index (κ3) is 5.01. The largest absolute Gasteiger partial charge is 0.726 e. The lowest BCUT2D eigenvalue weighted by Crippen LogP contribution is -2.39.